The molecule has 1 aliphatic rings. The van der Waals surface area contributed by atoms with Crippen LogP contribution in [0.3, 0.4) is 0 Å². The van der Waals surface area contributed by atoms with Gasteiger partial charge < -0.3 is 4.90 Å². The summed E-state index contributed by atoms with van der Waals surface area (Å²) in [4.78, 5) is 2.39. The molecule has 1 heterocycles. The molecule has 1 aromatic heterocycles. The zero-order valence-corrected chi connectivity index (χ0v) is 28.7. The molecule has 0 N–H and O–H groups in total. The van der Waals surface area contributed by atoms with Gasteiger partial charge in [-0.05, 0) is 87.0 Å². The van der Waals surface area contributed by atoms with E-state index in [1.54, 1.807) is 0 Å². The van der Waals surface area contributed by atoms with E-state index >= 15 is 0 Å². The van der Waals surface area contributed by atoms with Crippen LogP contribution in [0.2, 0.25) is 0 Å². The minimum absolute atomic E-state index is 0.525. The van der Waals surface area contributed by atoms with Crippen molar-refractivity contribution < 1.29 is 0 Å². The van der Waals surface area contributed by atoms with Crippen molar-refractivity contribution in [1.29, 1.82) is 0 Å². The summed E-state index contributed by atoms with van der Waals surface area (Å²) in [6.45, 7) is 0. The molecule has 2 heteroatoms. The molecular formula is C49H33NS. The second-order valence-electron chi connectivity index (χ2n) is 13.3. The van der Waals surface area contributed by atoms with E-state index in [1.165, 1.54) is 64.7 Å². The lowest BCUT2D eigenvalue weighted by Gasteiger charge is -2.35. The highest BCUT2D eigenvalue weighted by Gasteiger charge is 2.47. The first-order valence-electron chi connectivity index (χ1n) is 17.5. The van der Waals surface area contributed by atoms with Gasteiger partial charge in [-0.25, -0.2) is 0 Å². The van der Waals surface area contributed by atoms with Gasteiger partial charge in [0.2, 0.25) is 0 Å². The zero-order chi connectivity index (χ0) is 33.8. The predicted octanol–water partition coefficient (Wildman–Crippen LogP) is 13.6. The molecule has 0 saturated carbocycles. The van der Waals surface area contributed by atoms with Crippen LogP contribution < -0.4 is 4.90 Å². The van der Waals surface area contributed by atoms with E-state index < -0.39 is 5.41 Å². The van der Waals surface area contributed by atoms with Crippen LogP contribution in [-0.4, -0.2) is 0 Å². The highest BCUT2D eigenvalue weighted by atomic mass is 32.1. The number of para-hydroxylation sites is 1. The quantitative estimate of drug-likeness (QED) is 0.171. The van der Waals surface area contributed by atoms with Gasteiger partial charge in [-0.15, -0.1) is 11.3 Å². The first-order chi connectivity index (χ1) is 25.3. The molecule has 0 unspecified atom stereocenters. The van der Waals surface area contributed by atoms with Crippen LogP contribution in [0.1, 0.15) is 22.3 Å². The van der Waals surface area contributed by atoms with Gasteiger partial charge in [-0.2, -0.15) is 0 Å². The number of hydrogen-bond acceptors (Lipinski definition) is 2. The second-order valence-corrected chi connectivity index (χ2v) is 14.3. The molecule has 9 aromatic rings. The van der Waals surface area contributed by atoms with Gasteiger partial charge in [0.15, 0.2) is 0 Å². The maximum atomic E-state index is 2.43. The summed E-state index contributed by atoms with van der Waals surface area (Å²) in [5.74, 6) is 0. The smallest absolute Gasteiger partial charge is 0.0728 e. The highest BCUT2D eigenvalue weighted by Crippen LogP contribution is 2.58. The Labute approximate surface area is 302 Å². The lowest BCUT2D eigenvalue weighted by molar-refractivity contribution is 0.777. The molecule has 0 amide bonds. The molecule has 1 nitrogen and oxygen atoms in total. The zero-order valence-electron chi connectivity index (χ0n) is 27.9. The Hall–Kier alpha value is -6.22. The van der Waals surface area contributed by atoms with Crippen LogP contribution in [0, 0.1) is 0 Å². The highest BCUT2D eigenvalue weighted by molar-refractivity contribution is 7.26. The molecule has 0 atom stereocenters. The van der Waals surface area contributed by atoms with Crippen LogP contribution in [0.15, 0.2) is 200 Å². The van der Waals surface area contributed by atoms with Crippen molar-refractivity contribution in [3.05, 3.63) is 222 Å². The lowest BCUT2D eigenvalue weighted by atomic mass is 9.67. The number of thiophene rings is 1. The van der Waals surface area contributed by atoms with E-state index in [2.05, 4.69) is 205 Å². The van der Waals surface area contributed by atoms with Crippen LogP contribution in [0.4, 0.5) is 17.1 Å². The largest absolute Gasteiger partial charge is 0.310 e. The maximum absolute atomic E-state index is 2.43. The Morgan fingerprint density at radius 1 is 0.373 bits per heavy atom. The van der Waals surface area contributed by atoms with Gasteiger partial charge >= 0.3 is 0 Å². The van der Waals surface area contributed by atoms with E-state index in [0.717, 1.165) is 17.1 Å². The third-order valence-corrected chi connectivity index (χ3v) is 11.8. The Kier molecular flexibility index (Phi) is 6.97. The van der Waals surface area contributed by atoms with Gasteiger partial charge in [0, 0.05) is 37.2 Å². The Balaban J connectivity index is 1.24. The van der Waals surface area contributed by atoms with Crippen molar-refractivity contribution in [3.63, 3.8) is 0 Å². The van der Waals surface area contributed by atoms with E-state index in [9.17, 15) is 0 Å². The van der Waals surface area contributed by atoms with Crippen LogP contribution in [-0.2, 0) is 5.41 Å². The summed E-state index contributed by atoms with van der Waals surface area (Å²) in [7, 11) is 0. The number of rotatable bonds is 6. The monoisotopic (exact) mass is 667 g/mol. The van der Waals surface area contributed by atoms with Gasteiger partial charge in [0.1, 0.15) is 0 Å². The van der Waals surface area contributed by atoms with Gasteiger partial charge in [-0.3, -0.25) is 0 Å². The molecule has 240 valence electrons. The minimum atomic E-state index is -0.525. The van der Waals surface area contributed by atoms with Crippen molar-refractivity contribution in [2.24, 2.45) is 0 Å². The van der Waals surface area contributed by atoms with E-state index in [-0.39, 0.29) is 0 Å². The molecular weight excluding hydrogens is 635 g/mol. The molecule has 51 heavy (non-hydrogen) atoms. The van der Waals surface area contributed by atoms with Crippen molar-refractivity contribution in [3.8, 4) is 22.3 Å². The minimum Gasteiger partial charge on any atom is -0.310 e. The van der Waals surface area contributed by atoms with Crippen LogP contribution in [0.5, 0.6) is 0 Å². The number of anilines is 3. The summed E-state index contributed by atoms with van der Waals surface area (Å²) < 4.78 is 2.66. The van der Waals surface area contributed by atoms with Crippen molar-refractivity contribution >= 4 is 48.6 Å². The third kappa shape index (κ3) is 4.61. The van der Waals surface area contributed by atoms with Crippen molar-refractivity contribution in [2.45, 2.75) is 5.41 Å². The molecule has 10 rings (SSSR count). The molecule has 0 aliphatic heterocycles. The second kappa shape index (κ2) is 12.0. The number of benzene rings is 8. The topological polar surface area (TPSA) is 3.24 Å². The molecule has 0 radical (unpaired) electrons. The Morgan fingerprint density at radius 2 is 0.902 bits per heavy atom. The summed E-state index contributed by atoms with van der Waals surface area (Å²) in [6, 6.07) is 73.4. The Morgan fingerprint density at radius 3 is 1.65 bits per heavy atom. The van der Waals surface area contributed by atoms with Gasteiger partial charge in [-0.1, -0.05) is 158 Å². The molecule has 1 aliphatic carbocycles. The third-order valence-electron chi connectivity index (χ3n) is 10.5. The standard InChI is InChI=1S/C49H33NS/c1-3-15-34(16-4-1)35-29-31-38(32-30-35)50(37-18-5-2-6-19-37)39-20-13-17-36(33-39)49(44-25-10-7-21-40(44)41-22-8-11-26-45(41)49)46-27-14-24-43-42-23-9-12-28-47(42)51-48(43)46/h1-33H. The lowest BCUT2D eigenvalue weighted by Crippen LogP contribution is -2.29. The molecule has 8 aromatic carbocycles. The average molecular weight is 668 g/mol. The maximum Gasteiger partial charge on any atom is 0.0728 e. The molecule has 0 spiro atoms. The van der Waals surface area contributed by atoms with Crippen molar-refractivity contribution in [2.75, 3.05) is 4.90 Å². The van der Waals surface area contributed by atoms with Crippen LogP contribution in [0.25, 0.3) is 42.4 Å². The number of hydrogen-bond donors (Lipinski definition) is 0. The van der Waals surface area contributed by atoms with Gasteiger partial charge in [0.05, 0.1) is 5.41 Å². The fourth-order valence-corrected chi connectivity index (χ4v) is 9.64. The number of fused-ring (bicyclic) bond motifs is 6. The Bertz CT molecular complexity index is 2640. The van der Waals surface area contributed by atoms with E-state index in [1.807, 2.05) is 11.3 Å². The molecule has 0 bridgehead atoms. The predicted molar refractivity (Wildman–Crippen MR) is 217 cm³/mol. The van der Waals surface area contributed by atoms with Gasteiger partial charge in [0.25, 0.3) is 0 Å². The summed E-state index contributed by atoms with van der Waals surface area (Å²) >= 11 is 1.91. The SMILES string of the molecule is c1ccc(-c2ccc(N(c3ccccc3)c3cccc(C4(c5cccc6c5sc5ccccc56)c5ccccc5-c5ccccc54)c3)cc2)cc1. The van der Waals surface area contributed by atoms with Crippen LogP contribution >= 0.6 is 11.3 Å². The summed E-state index contributed by atoms with van der Waals surface area (Å²) in [5, 5.41) is 2.63. The van der Waals surface area contributed by atoms with E-state index in [0.29, 0.717) is 0 Å². The summed E-state index contributed by atoms with van der Waals surface area (Å²) in [5.41, 5.74) is 13.1. The first kappa shape index (κ1) is 29.7. The fraction of sp³-hybridized carbons (Fsp3) is 0.0204. The average Bonchev–Trinajstić information content (AvgIpc) is 3.74. The molecule has 0 saturated heterocycles. The fourth-order valence-electron chi connectivity index (χ4n) is 8.37. The number of nitrogens with zero attached hydrogens (tertiary/aromatic N) is 1. The van der Waals surface area contributed by atoms with Crippen molar-refractivity contribution in [1.82, 2.24) is 0 Å². The first-order valence-corrected chi connectivity index (χ1v) is 18.3. The molecule has 0 fully saturated rings. The normalized spacial score (nSPS) is 12.9. The van der Waals surface area contributed by atoms with E-state index in [4.69, 9.17) is 0 Å². The summed E-state index contributed by atoms with van der Waals surface area (Å²) in [6.07, 6.45) is 0.